The highest BCUT2D eigenvalue weighted by Crippen LogP contribution is 2.31. The second-order valence-corrected chi connectivity index (χ2v) is 9.42. The van der Waals surface area contributed by atoms with Crippen molar-refractivity contribution in [3.8, 4) is 28.9 Å². The maximum absolute atomic E-state index is 13.4. The molecule has 41 heavy (non-hydrogen) atoms. The van der Waals surface area contributed by atoms with Crippen molar-refractivity contribution in [2.75, 3.05) is 5.32 Å². The zero-order valence-electron chi connectivity index (χ0n) is 22.3. The van der Waals surface area contributed by atoms with Crippen LogP contribution in [0.5, 0.6) is 0 Å². The number of amides is 1. The first kappa shape index (κ1) is 25.4. The summed E-state index contributed by atoms with van der Waals surface area (Å²) < 4.78 is 10.9. The first-order valence-electron chi connectivity index (χ1n) is 12.9. The van der Waals surface area contributed by atoms with E-state index in [1.54, 1.807) is 41.7 Å². The van der Waals surface area contributed by atoms with Crippen LogP contribution in [0.3, 0.4) is 0 Å². The molecule has 0 aliphatic rings. The number of nitrogens with zero attached hydrogens (tertiary/aromatic N) is 5. The van der Waals surface area contributed by atoms with Gasteiger partial charge >= 0.3 is 0 Å². The molecule has 9 heteroatoms. The second-order valence-electron chi connectivity index (χ2n) is 9.42. The summed E-state index contributed by atoms with van der Waals surface area (Å²) in [6.07, 6.45) is 3.19. The Bertz CT molecular complexity index is 2000. The Morgan fingerprint density at radius 2 is 1.63 bits per heavy atom. The minimum Gasteiger partial charge on any atom is -0.454 e. The van der Waals surface area contributed by atoms with E-state index in [2.05, 4.69) is 5.32 Å². The summed E-state index contributed by atoms with van der Waals surface area (Å²) in [6, 6.07) is 30.1. The van der Waals surface area contributed by atoms with E-state index in [9.17, 15) is 14.9 Å². The van der Waals surface area contributed by atoms with E-state index in [0.717, 1.165) is 11.1 Å². The molecular weight excluding hydrogens is 516 g/mol. The van der Waals surface area contributed by atoms with Gasteiger partial charge in [-0.2, -0.15) is 10.4 Å². The highest BCUT2D eigenvalue weighted by molar-refractivity contribution is 6.10. The molecule has 1 amide bonds. The lowest BCUT2D eigenvalue weighted by atomic mass is 10.1. The van der Waals surface area contributed by atoms with Crippen LogP contribution in [0.2, 0.25) is 0 Å². The molecule has 6 aromatic rings. The van der Waals surface area contributed by atoms with Crippen molar-refractivity contribution in [1.29, 1.82) is 5.26 Å². The number of fused-ring (bicyclic) bond motifs is 1. The molecule has 0 bridgehead atoms. The fraction of sp³-hybridized carbons (Fsp3) is 0.0625. The lowest BCUT2D eigenvalue weighted by Crippen LogP contribution is -2.23. The van der Waals surface area contributed by atoms with Gasteiger partial charge in [-0.15, -0.1) is 0 Å². The molecular formula is C32H24N6O3. The van der Waals surface area contributed by atoms with Gasteiger partial charge in [0.1, 0.15) is 28.6 Å². The maximum atomic E-state index is 13.4. The number of furan rings is 1. The standard InChI is InChI=1S/C32H24N6O3/c1-21-29(32(40)38(36(21)2)26-14-7-4-8-15-26)34-31(39)23(19-33)17-24-20-37(25-12-5-3-6-13-25)35-30(24)28-18-22-11-9-10-16-27(22)41-28/h3-18,20H,1-2H3,(H,34,39)/b23-17-. The Kier molecular flexibility index (Phi) is 6.42. The van der Waals surface area contributed by atoms with E-state index < -0.39 is 11.5 Å². The van der Waals surface area contributed by atoms with Crippen LogP contribution in [0.1, 0.15) is 11.3 Å². The molecule has 6 rings (SSSR count). The summed E-state index contributed by atoms with van der Waals surface area (Å²) in [5.41, 5.74) is 3.17. The number of rotatable bonds is 6. The van der Waals surface area contributed by atoms with Crippen LogP contribution < -0.4 is 10.9 Å². The van der Waals surface area contributed by atoms with E-state index in [4.69, 9.17) is 9.52 Å². The Morgan fingerprint density at radius 1 is 0.976 bits per heavy atom. The van der Waals surface area contributed by atoms with Crippen molar-refractivity contribution in [2.45, 2.75) is 6.92 Å². The van der Waals surface area contributed by atoms with E-state index in [1.165, 1.54) is 10.8 Å². The third-order valence-corrected chi connectivity index (χ3v) is 6.88. The van der Waals surface area contributed by atoms with Crippen molar-refractivity contribution in [2.24, 2.45) is 7.05 Å². The fourth-order valence-corrected chi connectivity index (χ4v) is 4.69. The van der Waals surface area contributed by atoms with E-state index in [0.29, 0.717) is 34.0 Å². The number of hydrogen-bond acceptors (Lipinski definition) is 5. The molecule has 9 nitrogen and oxygen atoms in total. The quantitative estimate of drug-likeness (QED) is 0.217. The number of nitriles is 1. The third-order valence-electron chi connectivity index (χ3n) is 6.88. The van der Waals surface area contributed by atoms with Crippen molar-refractivity contribution >= 4 is 28.6 Å². The molecule has 0 saturated heterocycles. The van der Waals surface area contributed by atoms with Crippen LogP contribution in [0.4, 0.5) is 5.69 Å². The van der Waals surface area contributed by atoms with Gasteiger partial charge in [0.2, 0.25) is 0 Å². The molecule has 0 atom stereocenters. The fourth-order valence-electron chi connectivity index (χ4n) is 4.69. The summed E-state index contributed by atoms with van der Waals surface area (Å²) in [5, 5.41) is 18.3. The number of nitrogens with one attached hydrogen (secondary N) is 1. The third kappa shape index (κ3) is 4.64. The van der Waals surface area contributed by atoms with Gasteiger partial charge in [0, 0.05) is 24.2 Å². The summed E-state index contributed by atoms with van der Waals surface area (Å²) in [4.78, 5) is 26.7. The molecule has 0 fully saturated rings. The first-order chi connectivity index (χ1) is 19.9. The number of anilines is 1. The predicted octanol–water partition coefficient (Wildman–Crippen LogP) is 5.63. The molecule has 0 unspecified atom stereocenters. The van der Waals surface area contributed by atoms with Gasteiger partial charge in [-0.25, -0.2) is 9.36 Å². The van der Waals surface area contributed by atoms with Gasteiger partial charge in [-0.05, 0) is 49.4 Å². The number of aromatic nitrogens is 4. The highest BCUT2D eigenvalue weighted by atomic mass is 16.3. The molecule has 3 aromatic heterocycles. The van der Waals surface area contributed by atoms with Crippen molar-refractivity contribution in [3.63, 3.8) is 0 Å². The monoisotopic (exact) mass is 540 g/mol. The van der Waals surface area contributed by atoms with Crippen LogP contribution in [0.15, 0.2) is 112 Å². The van der Waals surface area contributed by atoms with Gasteiger partial charge in [-0.3, -0.25) is 14.3 Å². The number of carbonyl (C=O) groups excluding carboxylic acids is 1. The van der Waals surface area contributed by atoms with Gasteiger partial charge in [-0.1, -0.05) is 54.6 Å². The van der Waals surface area contributed by atoms with Gasteiger partial charge < -0.3 is 9.73 Å². The normalized spacial score (nSPS) is 11.5. The van der Waals surface area contributed by atoms with E-state index in [1.807, 2.05) is 84.9 Å². The summed E-state index contributed by atoms with van der Waals surface area (Å²) >= 11 is 0. The van der Waals surface area contributed by atoms with Crippen LogP contribution in [0, 0.1) is 18.3 Å². The maximum Gasteiger partial charge on any atom is 0.295 e. The topological polar surface area (TPSA) is 111 Å². The van der Waals surface area contributed by atoms with Crippen LogP contribution in [-0.2, 0) is 11.8 Å². The molecule has 3 aromatic carbocycles. The minimum absolute atomic E-state index is 0.0972. The van der Waals surface area contributed by atoms with Crippen LogP contribution >= 0.6 is 0 Å². The number of para-hydroxylation sites is 3. The lowest BCUT2D eigenvalue weighted by Gasteiger charge is -2.07. The predicted molar refractivity (Wildman–Crippen MR) is 157 cm³/mol. The summed E-state index contributed by atoms with van der Waals surface area (Å²) in [5.74, 6) is -0.212. The Balaban J connectivity index is 1.41. The smallest absolute Gasteiger partial charge is 0.295 e. The zero-order valence-corrected chi connectivity index (χ0v) is 22.3. The largest absolute Gasteiger partial charge is 0.454 e. The van der Waals surface area contributed by atoms with Gasteiger partial charge in [0.25, 0.3) is 11.5 Å². The SMILES string of the molecule is Cc1c(NC(=O)/C(C#N)=C\c2cn(-c3ccccc3)nc2-c2cc3ccccc3o2)c(=O)n(-c2ccccc2)n1C. The molecule has 0 spiro atoms. The molecule has 1 N–H and O–H groups in total. The van der Waals surface area contributed by atoms with Crippen molar-refractivity contribution in [1.82, 2.24) is 19.1 Å². The van der Waals surface area contributed by atoms with Crippen LogP contribution in [-0.4, -0.2) is 25.1 Å². The number of carbonyl (C=O) groups is 1. The number of hydrogen-bond donors (Lipinski definition) is 1. The van der Waals surface area contributed by atoms with Gasteiger partial charge in [0.15, 0.2) is 5.76 Å². The molecule has 0 radical (unpaired) electrons. The average molecular weight is 541 g/mol. The number of benzene rings is 3. The highest BCUT2D eigenvalue weighted by Gasteiger charge is 2.22. The van der Waals surface area contributed by atoms with Crippen LogP contribution in [0.25, 0.3) is 39.9 Å². The lowest BCUT2D eigenvalue weighted by molar-refractivity contribution is -0.112. The average Bonchev–Trinajstić information content (AvgIpc) is 3.68. The molecule has 0 aliphatic carbocycles. The summed E-state index contributed by atoms with van der Waals surface area (Å²) in [7, 11) is 1.73. The minimum atomic E-state index is -0.707. The van der Waals surface area contributed by atoms with E-state index in [-0.39, 0.29) is 11.3 Å². The Hall–Kier alpha value is -5.88. The van der Waals surface area contributed by atoms with E-state index >= 15 is 0 Å². The molecule has 0 aliphatic heterocycles. The first-order valence-corrected chi connectivity index (χ1v) is 12.9. The Labute approximate surface area is 234 Å². The molecule has 0 saturated carbocycles. The van der Waals surface area contributed by atoms with Crippen molar-refractivity contribution in [3.05, 3.63) is 124 Å². The molecule has 200 valence electrons. The summed E-state index contributed by atoms with van der Waals surface area (Å²) in [6.45, 7) is 1.73. The Morgan fingerprint density at radius 3 is 2.32 bits per heavy atom. The zero-order chi connectivity index (χ0) is 28.5. The van der Waals surface area contributed by atoms with Crippen molar-refractivity contribution < 1.29 is 9.21 Å². The van der Waals surface area contributed by atoms with Gasteiger partial charge in [0.05, 0.1) is 17.1 Å². The molecule has 3 heterocycles. The second kappa shape index (κ2) is 10.4.